The van der Waals surface area contributed by atoms with Gasteiger partial charge in [0.05, 0.1) is 4.92 Å². The van der Waals surface area contributed by atoms with Crippen LogP contribution in [-0.2, 0) is 4.79 Å². The number of hydrogen-bond donors (Lipinski definition) is 0. The molecule has 0 spiro atoms. The highest BCUT2D eigenvalue weighted by Crippen LogP contribution is 2.30. The van der Waals surface area contributed by atoms with Gasteiger partial charge in [-0.2, -0.15) is 0 Å². The molecule has 1 rings (SSSR count). The molecule has 0 aliphatic heterocycles. The van der Waals surface area contributed by atoms with Crippen molar-refractivity contribution < 1.29 is 14.5 Å². The number of carbonyl (C=O) groups excluding carboxylic acids is 2. The van der Waals surface area contributed by atoms with Gasteiger partial charge in [-0.15, -0.1) is 0 Å². The highest BCUT2D eigenvalue weighted by molar-refractivity contribution is 8.21. The Morgan fingerprint density at radius 2 is 1.91 bits per heavy atom. The zero-order valence-electron chi connectivity index (χ0n) is 12.2. The van der Waals surface area contributed by atoms with Crippen molar-refractivity contribution in [3.8, 4) is 0 Å². The lowest BCUT2D eigenvalue weighted by Crippen LogP contribution is -2.02. The van der Waals surface area contributed by atoms with E-state index < -0.39 is 4.92 Å². The normalized spacial score (nSPS) is 10.5. The number of Topliss-reactive ketones (excluding diaryl/α,β-unsaturated/α-hetero) is 2. The SMILES string of the molecule is CC(=O)CCCCCCC(=O)c1cnc(SCl)c([N+](=O)[O-])c1. The molecule has 0 aliphatic carbocycles. The van der Waals surface area contributed by atoms with Crippen molar-refractivity contribution in [3.05, 3.63) is 27.9 Å². The first kappa shape index (κ1) is 18.6. The molecular weight excluding hydrogens is 328 g/mol. The van der Waals surface area contributed by atoms with Crippen LogP contribution >= 0.6 is 21.7 Å². The van der Waals surface area contributed by atoms with Gasteiger partial charge in [0.25, 0.3) is 0 Å². The summed E-state index contributed by atoms with van der Waals surface area (Å²) in [6.07, 6.45) is 5.47. The molecule has 1 aromatic heterocycles. The van der Waals surface area contributed by atoms with Crippen molar-refractivity contribution in [1.82, 2.24) is 4.98 Å². The first-order valence-corrected chi connectivity index (χ1v) is 8.55. The summed E-state index contributed by atoms with van der Waals surface area (Å²) in [5.74, 6) is 0.00000161. The second-order valence-corrected chi connectivity index (χ2v) is 5.93. The maximum Gasteiger partial charge on any atom is 0.303 e. The van der Waals surface area contributed by atoms with E-state index in [1.807, 2.05) is 0 Å². The van der Waals surface area contributed by atoms with Crippen molar-refractivity contribution >= 4 is 38.9 Å². The summed E-state index contributed by atoms with van der Waals surface area (Å²) in [5.41, 5.74) is -0.0304. The molecule has 8 heteroatoms. The molecule has 22 heavy (non-hydrogen) atoms. The second-order valence-electron chi connectivity index (χ2n) is 4.92. The summed E-state index contributed by atoms with van der Waals surface area (Å²) in [6.45, 7) is 1.56. The van der Waals surface area contributed by atoms with Gasteiger partial charge in [0.1, 0.15) is 5.78 Å². The molecule has 0 fully saturated rings. The average molecular weight is 345 g/mol. The average Bonchev–Trinajstić information content (AvgIpc) is 2.49. The summed E-state index contributed by atoms with van der Waals surface area (Å²) in [7, 11) is 6.16. The summed E-state index contributed by atoms with van der Waals surface area (Å²) < 4.78 is 0. The van der Waals surface area contributed by atoms with E-state index in [4.69, 9.17) is 10.7 Å². The highest BCUT2D eigenvalue weighted by atomic mass is 35.7. The van der Waals surface area contributed by atoms with Gasteiger partial charge >= 0.3 is 5.69 Å². The summed E-state index contributed by atoms with van der Waals surface area (Å²) in [4.78, 5) is 36.9. The number of nitro groups is 1. The van der Waals surface area contributed by atoms with Crippen LogP contribution in [-0.4, -0.2) is 21.5 Å². The quantitative estimate of drug-likeness (QED) is 0.271. The molecule has 0 saturated heterocycles. The van der Waals surface area contributed by atoms with Crippen LogP contribution in [0.1, 0.15) is 55.8 Å². The first-order chi connectivity index (χ1) is 10.5. The van der Waals surface area contributed by atoms with Crippen molar-refractivity contribution in [3.63, 3.8) is 0 Å². The van der Waals surface area contributed by atoms with E-state index >= 15 is 0 Å². The molecule has 0 radical (unpaired) electrons. The van der Waals surface area contributed by atoms with Gasteiger partial charge in [-0.3, -0.25) is 14.9 Å². The Balaban J connectivity index is 2.50. The maximum atomic E-state index is 12.0. The Bertz CT molecular complexity index is 566. The van der Waals surface area contributed by atoms with Crippen LogP contribution in [0, 0.1) is 10.1 Å². The standard InChI is InChI=1S/C14H17ClN2O4S/c1-10(18)6-4-2-3-5-7-13(19)11-8-12(17(20)21)14(22-15)16-9-11/h8-9H,2-7H2,1H3. The van der Waals surface area contributed by atoms with Crippen molar-refractivity contribution in [2.24, 2.45) is 0 Å². The molecule has 0 N–H and O–H groups in total. The third-order valence-electron chi connectivity index (χ3n) is 3.11. The predicted molar refractivity (Wildman–Crippen MR) is 85.3 cm³/mol. The minimum absolute atomic E-state index is 0.0763. The van der Waals surface area contributed by atoms with Crippen LogP contribution in [0.15, 0.2) is 17.3 Å². The molecule has 6 nitrogen and oxygen atoms in total. The van der Waals surface area contributed by atoms with E-state index in [0.717, 1.165) is 19.3 Å². The Morgan fingerprint density at radius 1 is 1.27 bits per heavy atom. The molecule has 120 valence electrons. The van der Waals surface area contributed by atoms with Crippen LogP contribution in [0.25, 0.3) is 0 Å². The molecule has 0 amide bonds. The van der Waals surface area contributed by atoms with E-state index in [9.17, 15) is 19.7 Å². The summed E-state index contributed by atoms with van der Waals surface area (Å²) in [6, 6.07) is 1.22. The number of carbonyl (C=O) groups is 2. The minimum atomic E-state index is -0.601. The molecule has 0 aromatic carbocycles. The molecular formula is C14H17ClN2O4S. The first-order valence-electron chi connectivity index (χ1n) is 6.91. The van der Waals surface area contributed by atoms with E-state index in [1.54, 1.807) is 6.92 Å². The fraction of sp³-hybridized carbons (Fsp3) is 0.500. The summed E-state index contributed by atoms with van der Waals surface area (Å²) >= 11 is 0. The van der Waals surface area contributed by atoms with E-state index in [0.29, 0.717) is 30.2 Å². The van der Waals surface area contributed by atoms with Gasteiger partial charge in [0.2, 0.25) is 0 Å². The molecule has 0 bridgehead atoms. The van der Waals surface area contributed by atoms with Gasteiger partial charge < -0.3 is 4.79 Å². The van der Waals surface area contributed by atoms with Crippen LogP contribution in [0.2, 0.25) is 0 Å². The maximum absolute atomic E-state index is 12.0. The highest BCUT2D eigenvalue weighted by Gasteiger charge is 2.19. The van der Waals surface area contributed by atoms with E-state index in [1.165, 1.54) is 12.3 Å². The van der Waals surface area contributed by atoms with Crippen molar-refractivity contribution in [2.45, 2.75) is 50.5 Å². The van der Waals surface area contributed by atoms with Crippen molar-refractivity contribution in [2.75, 3.05) is 0 Å². The van der Waals surface area contributed by atoms with Gasteiger partial charge in [0, 0.05) is 41.6 Å². The van der Waals surface area contributed by atoms with E-state index in [-0.39, 0.29) is 27.8 Å². The fourth-order valence-electron chi connectivity index (χ4n) is 1.94. The topological polar surface area (TPSA) is 90.2 Å². The van der Waals surface area contributed by atoms with Crippen LogP contribution < -0.4 is 0 Å². The van der Waals surface area contributed by atoms with Crippen LogP contribution in [0.4, 0.5) is 5.69 Å². The fourth-order valence-corrected chi connectivity index (χ4v) is 2.60. The Labute approximate surface area is 137 Å². The monoisotopic (exact) mass is 344 g/mol. The Kier molecular flexibility index (Phi) is 8.05. The van der Waals surface area contributed by atoms with Gasteiger partial charge in [-0.1, -0.05) is 12.8 Å². The largest absolute Gasteiger partial charge is 0.303 e. The number of ketones is 2. The molecule has 0 unspecified atom stereocenters. The number of halogens is 1. The second kappa shape index (κ2) is 9.53. The Hall–Kier alpha value is -1.47. The number of hydrogen-bond acceptors (Lipinski definition) is 6. The molecule has 0 aliphatic rings. The zero-order chi connectivity index (χ0) is 16.5. The lowest BCUT2D eigenvalue weighted by Gasteiger charge is -2.03. The number of aromatic nitrogens is 1. The minimum Gasteiger partial charge on any atom is -0.300 e. The van der Waals surface area contributed by atoms with E-state index in [2.05, 4.69) is 4.98 Å². The van der Waals surface area contributed by atoms with Crippen molar-refractivity contribution in [1.29, 1.82) is 0 Å². The smallest absolute Gasteiger partial charge is 0.300 e. The molecule has 1 heterocycles. The molecule has 0 atom stereocenters. The summed E-state index contributed by atoms with van der Waals surface area (Å²) in [5, 5.41) is 11.0. The third-order valence-corrected chi connectivity index (χ3v) is 4.01. The lowest BCUT2D eigenvalue weighted by atomic mass is 10.0. The number of nitrogens with zero attached hydrogens (tertiary/aromatic N) is 2. The number of pyridine rings is 1. The van der Waals surface area contributed by atoms with Gasteiger partial charge in [0.15, 0.2) is 10.8 Å². The molecule has 1 aromatic rings. The number of unbranched alkanes of at least 4 members (excludes halogenated alkanes) is 3. The zero-order valence-corrected chi connectivity index (χ0v) is 13.8. The molecule has 0 saturated carbocycles. The van der Waals surface area contributed by atoms with Crippen LogP contribution in [0.3, 0.4) is 0 Å². The third kappa shape index (κ3) is 6.11. The van der Waals surface area contributed by atoms with Gasteiger partial charge in [-0.25, -0.2) is 4.98 Å². The Morgan fingerprint density at radius 3 is 2.45 bits per heavy atom. The lowest BCUT2D eigenvalue weighted by molar-refractivity contribution is -0.388. The predicted octanol–water partition coefficient (Wildman–Crippen LogP) is 4.35. The van der Waals surface area contributed by atoms with Gasteiger partial charge in [-0.05, 0) is 30.4 Å². The number of rotatable bonds is 10. The van der Waals surface area contributed by atoms with Crippen LogP contribution in [0.5, 0.6) is 0 Å².